The molecule has 1 aliphatic heterocycles. The lowest BCUT2D eigenvalue weighted by Gasteiger charge is -2.18. The van der Waals surface area contributed by atoms with Gasteiger partial charge in [0.05, 0.1) is 6.42 Å². The summed E-state index contributed by atoms with van der Waals surface area (Å²) < 4.78 is 6.86. The Morgan fingerprint density at radius 2 is 2.06 bits per heavy atom. The number of phenols is 1. The number of carbonyl (C=O) groups is 1. The minimum Gasteiger partial charge on any atom is -0.508 e. The molecule has 0 fully saturated rings. The summed E-state index contributed by atoms with van der Waals surface area (Å²) in [5.41, 5.74) is 1.60. The van der Waals surface area contributed by atoms with E-state index >= 15 is 0 Å². The van der Waals surface area contributed by atoms with Crippen LogP contribution in [0.3, 0.4) is 0 Å². The first kappa shape index (κ1) is 12.6. The lowest BCUT2D eigenvalue weighted by molar-refractivity contribution is -0.465. The van der Waals surface area contributed by atoms with Crippen molar-refractivity contribution in [2.24, 2.45) is 0 Å². The van der Waals surface area contributed by atoms with Gasteiger partial charge in [0.15, 0.2) is 12.8 Å². The van der Waals surface area contributed by atoms with Crippen molar-refractivity contribution in [1.29, 1.82) is 0 Å². The van der Waals surface area contributed by atoms with Gasteiger partial charge in [-0.3, -0.25) is 0 Å². The van der Waals surface area contributed by atoms with Crippen LogP contribution in [-0.4, -0.2) is 27.6 Å². The van der Waals surface area contributed by atoms with Crippen LogP contribution in [-0.2, 0) is 17.7 Å². The van der Waals surface area contributed by atoms with Crippen LogP contribution < -0.4 is 0 Å². The largest absolute Gasteiger partial charge is 0.596 e. The zero-order valence-corrected chi connectivity index (χ0v) is 10.9. The average molecular weight is 248 g/mol. The van der Waals surface area contributed by atoms with Crippen LogP contribution in [0.15, 0.2) is 18.2 Å². The van der Waals surface area contributed by atoms with Crippen LogP contribution in [0.5, 0.6) is 5.75 Å². The van der Waals surface area contributed by atoms with Gasteiger partial charge in [-0.15, -0.1) is 4.58 Å². The van der Waals surface area contributed by atoms with E-state index in [0.717, 1.165) is 11.1 Å². The molecule has 1 aliphatic rings. The standard InChI is InChI=1S/C14H17NO3/c1-14(2,3)18-13(17)15-7-6-10-4-5-12(16)8-11(10)9-15/h4-5,7-8H,6,9H2,1-3H3/p+1. The molecule has 0 bridgehead atoms. The Bertz CT molecular complexity index is 512. The Kier molecular flexibility index (Phi) is 3.11. The van der Waals surface area contributed by atoms with Crippen molar-refractivity contribution in [2.75, 3.05) is 0 Å². The second-order valence-corrected chi connectivity index (χ2v) is 5.45. The predicted molar refractivity (Wildman–Crippen MR) is 68.1 cm³/mol. The Morgan fingerprint density at radius 1 is 1.33 bits per heavy atom. The summed E-state index contributed by atoms with van der Waals surface area (Å²) >= 11 is 0. The molecular formula is C14H18NO3+. The van der Waals surface area contributed by atoms with Crippen LogP contribution in [0.25, 0.3) is 0 Å². The highest BCUT2D eigenvalue weighted by molar-refractivity contribution is 5.69. The number of rotatable bonds is 0. The summed E-state index contributed by atoms with van der Waals surface area (Å²) in [7, 11) is 0. The van der Waals surface area contributed by atoms with Crippen molar-refractivity contribution in [1.82, 2.24) is 0 Å². The van der Waals surface area contributed by atoms with Crippen molar-refractivity contribution in [3.05, 3.63) is 29.3 Å². The zero-order chi connectivity index (χ0) is 13.3. The third kappa shape index (κ3) is 2.88. The van der Waals surface area contributed by atoms with Crippen molar-refractivity contribution in [3.8, 4) is 5.75 Å². The van der Waals surface area contributed by atoms with Gasteiger partial charge in [-0.25, -0.2) is 0 Å². The molecule has 0 unspecified atom stereocenters. The van der Waals surface area contributed by atoms with E-state index in [2.05, 4.69) is 0 Å². The number of hydrogen-bond acceptors (Lipinski definition) is 3. The minimum absolute atomic E-state index is 0.222. The molecule has 0 atom stereocenters. The Balaban J connectivity index is 2.15. The van der Waals surface area contributed by atoms with Gasteiger partial charge in [0, 0.05) is 5.56 Å². The average Bonchev–Trinajstić information content (AvgIpc) is 2.25. The maximum absolute atomic E-state index is 11.9. The number of hydrogen-bond donors (Lipinski definition) is 1. The molecule has 4 nitrogen and oxygen atoms in total. The van der Waals surface area contributed by atoms with Gasteiger partial charge < -0.3 is 9.84 Å². The number of carbonyl (C=O) groups excluding carboxylic acids is 1. The van der Waals surface area contributed by atoms with Crippen molar-refractivity contribution in [3.63, 3.8) is 0 Å². The van der Waals surface area contributed by atoms with E-state index < -0.39 is 5.60 Å². The van der Waals surface area contributed by atoms with E-state index in [9.17, 15) is 9.90 Å². The lowest BCUT2D eigenvalue weighted by atomic mass is 10.0. The molecule has 0 aliphatic carbocycles. The van der Waals surface area contributed by atoms with Gasteiger partial charge in [-0.2, -0.15) is 4.79 Å². The van der Waals surface area contributed by atoms with Crippen LogP contribution >= 0.6 is 0 Å². The highest BCUT2D eigenvalue weighted by atomic mass is 16.6. The van der Waals surface area contributed by atoms with Crippen molar-refractivity contribution < 1.29 is 19.2 Å². The molecule has 1 aromatic rings. The number of aromatic hydroxyl groups is 1. The number of nitrogens with zero attached hydrogens (tertiary/aromatic N) is 1. The maximum Gasteiger partial charge on any atom is 0.596 e. The molecule has 0 saturated carbocycles. The van der Waals surface area contributed by atoms with E-state index in [1.165, 1.54) is 0 Å². The number of amides is 1. The van der Waals surface area contributed by atoms with Gasteiger partial charge in [0.1, 0.15) is 11.4 Å². The summed E-state index contributed by atoms with van der Waals surface area (Å²) in [5.74, 6) is 0.222. The SMILES string of the molecule is CC(C)(C)OC(=O)[N+]1=CCc2ccc(O)cc2C1. The number of ether oxygens (including phenoxy) is 1. The number of phenolic OH excluding ortho intramolecular Hbond substituents is 1. The zero-order valence-electron chi connectivity index (χ0n) is 10.9. The fourth-order valence-corrected chi connectivity index (χ4v) is 1.87. The van der Waals surface area contributed by atoms with Gasteiger partial charge in [0.25, 0.3) is 0 Å². The maximum atomic E-state index is 11.9. The predicted octanol–water partition coefficient (Wildman–Crippen LogP) is 2.47. The molecule has 4 heteroatoms. The van der Waals surface area contributed by atoms with Gasteiger partial charge >= 0.3 is 6.09 Å². The molecule has 0 spiro atoms. The summed E-state index contributed by atoms with van der Waals surface area (Å²) in [6.45, 7) is 5.97. The van der Waals surface area contributed by atoms with Crippen LogP contribution in [0.4, 0.5) is 4.79 Å². The normalized spacial score (nSPS) is 14.7. The number of fused-ring (bicyclic) bond motifs is 1. The highest BCUT2D eigenvalue weighted by Crippen LogP contribution is 2.21. The first-order chi connectivity index (χ1) is 8.35. The van der Waals surface area contributed by atoms with Crippen LogP contribution in [0.2, 0.25) is 0 Å². The van der Waals surface area contributed by atoms with E-state index in [0.29, 0.717) is 13.0 Å². The molecule has 18 heavy (non-hydrogen) atoms. The summed E-state index contributed by atoms with van der Waals surface area (Å²) in [4.78, 5) is 11.9. The molecule has 1 N–H and O–H groups in total. The second-order valence-electron chi connectivity index (χ2n) is 5.45. The van der Waals surface area contributed by atoms with Gasteiger partial charge in [-0.05, 0) is 38.5 Å². The monoisotopic (exact) mass is 248 g/mol. The smallest absolute Gasteiger partial charge is 0.508 e. The quantitative estimate of drug-likeness (QED) is 0.717. The van der Waals surface area contributed by atoms with Crippen molar-refractivity contribution in [2.45, 2.75) is 39.3 Å². The first-order valence-electron chi connectivity index (χ1n) is 5.99. The molecule has 2 rings (SSSR count). The molecular weight excluding hydrogens is 230 g/mol. The lowest BCUT2D eigenvalue weighted by Crippen LogP contribution is -2.33. The molecule has 1 aromatic carbocycles. The van der Waals surface area contributed by atoms with Crippen LogP contribution in [0, 0.1) is 0 Å². The van der Waals surface area contributed by atoms with Gasteiger partial charge in [-0.1, -0.05) is 6.07 Å². The van der Waals surface area contributed by atoms with E-state index in [4.69, 9.17) is 4.74 Å². The first-order valence-corrected chi connectivity index (χ1v) is 5.99. The topological polar surface area (TPSA) is 49.5 Å². The summed E-state index contributed by atoms with van der Waals surface area (Å²) in [6, 6.07) is 5.24. The summed E-state index contributed by atoms with van der Waals surface area (Å²) in [5, 5.41) is 9.45. The third-order valence-corrected chi connectivity index (χ3v) is 2.69. The molecule has 1 heterocycles. The molecule has 96 valence electrons. The Labute approximate surface area is 107 Å². The minimum atomic E-state index is -0.496. The Hall–Kier alpha value is -1.84. The van der Waals surface area contributed by atoms with E-state index in [-0.39, 0.29) is 11.8 Å². The fourth-order valence-electron chi connectivity index (χ4n) is 1.87. The van der Waals surface area contributed by atoms with E-state index in [1.54, 1.807) is 16.7 Å². The van der Waals surface area contributed by atoms with Crippen molar-refractivity contribution >= 4 is 12.3 Å². The molecule has 1 amide bonds. The summed E-state index contributed by atoms with van der Waals surface area (Å²) in [6.07, 6.45) is 2.15. The van der Waals surface area contributed by atoms with Crippen LogP contribution in [0.1, 0.15) is 31.9 Å². The van der Waals surface area contributed by atoms with E-state index in [1.807, 2.05) is 33.1 Å². The number of benzene rings is 1. The third-order valence-electron chi connectivity index (χ3n) is 2.69. The molecule has 0 radical (unpaired) electrons. The Morgan fingerprint density at radius 3 is 2.72 bits per heavy atom. The van der Waals surface area contributed by atoms with Gasteiger partial charge in [0.2, 0.25) is 0 Å². The highest BCUT2D eigenvalue weighted by Gasteiger charge is 2.29. The fraction of sp³-hybridized carbons (Fsp3) is 0.429. The second kappa shape index (κ2) is 4.44. The molecule has 0 saturated heterocycles. The molecule has 0 aromatic heterocycles.